The molecule has 7 nitrogen and oxygen atoms in total. The first-order chi connectivity index (χ1) is 18.2. The van der Waals surface area contributed by atoms with Crippen LogP contribution >= 0.6 is 11.6 Å². The van der Waals surface area contributed by atoms with Crippen LogP contribution in [0.25, 0.3) is 10.9 Å². The van der Waals surface area contributed by atoms with E-state index in [1.165, 1.54) is 6.08 Å². The van der Waals surface area contributed by atoms with E-state index in [-0.39, 0.29) is 30.1 Å². The average Bonchev–Trinajstić information content (AvgIpc) is 3.14. The molecule has 2 aliphatic heterocycles. The van der Waals surface area contributed by atoms with Gasteiger partial charge >= 0.3 is 0 Å². The predicted molar refractivity (Wildman–Crippen MR) is 148 cm³/mol. The number of carbonyl (C=O) groups excluding carboxylic acids is 3. The lowest BCUT2D eigenvalue weighted by Crippen LogP contribution is -2.50. The Balaban J connectivity index is 1.43. The summed E-state index contributed by atoms with van der Waals surface area (Å²) in [5.74, 6) is 0.914. The Labute approximate surface area is 227 Å². The molecular weight excluding hydrogens is 502 g/mol. The Bertz CT molecular complexity index is 1470. The van der Waals surface area contributed by atoms with E-state index in [2.05, 4.69) is 6.58 Å². The molecule has 0 aliphatic carbocycles. The lowest BCUT2D eigenvalue weighted by molar-refractivity contribution is -0.134. The van der Waals surface area contributed by atoms with Crippen molar-refractivity contribution >= 4 is 40.1 Å². The first-order valence-corrected chi connectivity index (χ1v) is 13.3. The van der Waals surface area contributed by atoms with Gasteiger partial charge in [-0.1, -0.05) is 30.3 Å². The molecule has 0 spiro atoms. The quantitative estimate of drug-likeness (QED) is 0.412. The normalized spacial score (nSPS) is 15.3. The minimum atomic E-state index is -0.101. The van der Waals surface area contributed by atoms with Crippen molar-refractivity contribution in [2.24, 2.45) is 5.92 Å². The molecule has 3 aromatic rings. The van der Waals surface area contributed by atoms with Crippen molar-refractivity contribution in [3.05, 3.63) is 76.0 Å². The number of rotatable bonds is 7. The first-order valence-electron chi connectivity index (χ1n) is 12.9. The number of hydrogen-bond donors (Lipinski definition) is 0. The second-order valence-corrected chi connectivity index (χ2v) is 10.7. The Morgan fingerprint density at radius 3 is 2.63 bits per heavy atom. The molecule has 3 heterocycles. The van der Waals surface area contributed by atoms with Crippen LogP contribution in [0, 0.1) is 19.8 Å². The number of ether oxygens (including phenoxy) is 1. The van der Waals surface area contributed by atoms with E-state index in [9.17, 15) is 14.4 Å². The fraction of sp³-hybridized carbons (Fsp3) is 0.367. The molecule has 1 saturated heterocycles. The van der Waals surface area contributed by atoms with Gasteiger partial charge in [0.1, 0.15) is 5.75 Å². The second kappa shape index (κ2) is 10.3. The van der Waals surface area contributed by atoms with Gasteiger partial charge in [-0.05, 0) is 55.7 Å². The van der Waals surface area contributed by atoms with Crippen molar-refractivity contribution in [1.29, 1.82) is 0 Å². The molecular formula is C30H32ClN3O4. The van der Waals surface area contributed by atoms with Gasteiger partial charge in [-0.3, -0.25) is 14.4 Å². The van der Waals surface area contributed by atoms with Crippen LogP contribution in [0.1, 0.15) is 39.2 Å². The van der Waals surface area contributed by atoms with E-state index in [0.717, 1.165) is 39.0 Å². The maximum Gasteiger partial charge on any atom is 0.256 e. The summed E-state index contributed by atoms with van der Waals surface area (Å²) in [4.78, 5) is 42.4. The van der Waals surface area contributed by atoms with Crippen LogP contribution < -0.4 is 4.74 Å². The monoisotopic (exact) mass is 533 g/mol. The third kappa shape index (κ3) is 4.60. The van der Waals surface area contributed by atoms with Gasteiger partial charge in [0, 0.05) is 60.2 Å². The van der Waals surface area contributed by atoms with Crippen molar-refractivity contribution < 1.29 is 19.1 Å². The SMILES string of the molecule is C=CC(=O)N1CC(CC(=O)Cn2c(C)c(C(=O)N3CCc4c(cccc4OC)C3)c3cc(Cl)cc(C)c32)C1. The zero-order valence-electron chi connectivity index (χ0n) is 22.1. The molecule has 0 N–H and O–H groups in total. The molecule has 2 aliphatic rings. The number of Topliss-reactive ketones (excluding diaryl/α,β-unsaturated/α-hetero) is 1. The van der Waals surface area contributed by atoms with Crippen LogP contribution in [0.4, 0.5) is 0 Å². The van der Waals surface area contributed by atoms with E-state index in [1.807, 2.05) is 53.6 Å². The summed E-state index contributed by atoms with van der Waals surface area (Å²) < 4.78 is 7.48. The summed E-state index contributed by atoms with van der Waals surface area (Å²) in [5.41, 5.74) is 5.36. The lowest BCUT2D eigenvalue weighted by Gasteiger charge is -2.38. The fourth-order valence-electron chi connectivity index (χ4n) is 5.92. The molecule has 38 heavy (non-hydrogen) atoms. The largest absolute Gasteiger partial charge is 0.496 e. The van der Waals surface area contributed by atoms with Crippen molar-refractivity contribution in [1.82, 2.24) is 14.4 Å². The maximum atomic E-state index is 14.0. The van der Waals surface area contributed by atoms with Crippen molar-refractivity contribution in [3.63, 3.8) is 0 Å². The second-order valence-electron chi connectivity index (χ2n) is 10.3. The molecule has 0 saturated carbocycles. The summed E-state index contributed by atoms with van der Waals surface area (Å²) in [6.07, 6.45) is 2.41. The highest BCUT2D eigenvalue weighted by atomic mass is 35.5. The van der Waals surface area contributed by atoms with E-state index in [4.69, 9.17) is 16.3 Å². The Morgan fingerprint density at radius 2 is 1.92 bits per heavy atom. The molecule has 1 aromatic heterocycles. The van der Waals surface area contributed by atoms with Crippen LogP contribution in [0.3, 0.4) is 0 Å². The van der Waals surface area contributed by atoms with Gasteiger partial charge in [-0.2, -0.15) is 0 Å². The number of halogens is 1. The minimum absolute atomic E-state index is 0.0635. The summed E-state index contributed by atoms with van der Waals surface area (Å²) in [6.45, 7) is 9.77. The third-order valence-corrected chi connectivity index (χ3v) is 8.03. The Morgan fingerprint density at radius 1 is 1.16 bits per heavy atom. The fourth-order valence-corrected chi connectivity index (χ4v) is 6.19. The van der Waals surface area contributed by atoms with E-state index >= 15 is 0 Å². The number of nitrogens with zero attached hydrogens (tertiary/aromatic N) is 3. The van der Waals surface area contributed by atoms with Gasteiger partial charge in [-0.25, -0.2) is 0 Å². The summed E-state index contributed by atoms with van der Waals surface area (Å²) in [7, 11) is 1.67. The van der Waals surface area contributed by atoms with Gasteiger partial charge in [0.05, 0.1) is 24.7 Å². The summed E-state index contributed by atoms with van der Waals surface area (Å²) in [6, 6.07) is 9.64. The van der Waals surface area contributed by atoms with Gasteiger partial charge in [0.25, 0.3) is 5.91 Å². The number of carbonyl (C=O) groups is 3. The topological polar surface area (TPSA) is 71.9 Å². The number of benzene rings is 2. The molecule has 2 amide bonds. The van der Waals surface area contributed by atoms with Gasteiger partial charge in [-0.15, -0.1) is 0 Å². The molecule has 0 atom stereocenters. The molecule has 0 radical (unpaired) electrons. The third-order valence-electron chi connectivity index (χ3n) is 7.81. The van der Waals surface area contributed by atoms with Crippen LogP contribution in [-0.4, -0.2) is 58.7 Å². The van der Waals surface area contributed by atoms with Gasteiger partial charge in [0.2, 0.25) is 5.91 Å². The Hall–Kier alpha value is -3.58. The van der Waals surface area contributed by atoms with E-state index in [0.29, 0.717) is 49.6 Å². The van der Waals surface area contributed by atoms with Crippen molar-refractivity contribution in [3.8, 4) is 5.75 Å². The number of likely N-dealkylation sites (tertiary alicyclic amines) is 1. The number of methoxy groups -OCH3 is 1. The van der Waals surface area contributed by atoms with E-state index < -0.39 is 0 Å². The van der Waals surface area contributed by atoms with Crippen molar-refractivity contribution in [2.45, 2.75) is 39.8 Å². The zero-order chi connectivity index (χ0) is 27.1. The number of aromatic nitrogens is 1. The van der Waals surface area contributed by atoms with Crippen LogP contribution in [-0.2, 0) is 29.1 Å². The number of aryl methyl sites for hydroxylation is 1. The standard InChI is InChI=1S/C30H32ClN3O4/c1-5-27(36)33-14-20(15-33)12-23(35)17-34-19(3)28(25-13-22(31)11-18(2)29(25)34)30(37)32-10-9-24-21(16-32)7-6-8-26(24)38-4/h5-8,11,13,20H,1,9-10,12,14-17H2,2-4H3. The van der Waals surface area contributed by atoms with Crippen molar-refractivity contribution in [2.75, 3.05) is 26.7 Å². The predicted octanol–water partition coefficient (Wildman–Crippen LogP) is 4.72. The smallest absolute Gasteiger partial charge is 0.256 e. The zero-order valence-corrected chi connectivity index (χ0v) is 22.8. The molecule has 2 aromatic carbocycles. The highest BCUT2D eigenvalue weighted by molar-refractivity contribution is 6.31. The van der Waals surface area contributed by atoms with E-state index in [1.54, 1.807) is 12.0 Å². The molecule has 0 unspecified atom stereocenters. The highest BCUT2D eigenvalue weighted by Crippen LogP contribution is 2.35. The molecule has 0 bridgehead atoms. The molecule has 198 valence electrons. The Kier molecular flexibility index (Phi) is 7.05. The number of hydrogen-bond acceptors (Lipinski definition) is 4. The average molecular weight is 534 g/mol. The van der Waals surface area contributed by atoms with Crippen LogP contribution in [0.15, 0.2) is 43.0 Å². The maximum absolute atomic E-state index is 14.0. The van der Waals surface area contributed by atoms with Gasteiger partial charge in [0.15, 0.2) is 5.78 Å². The summed E-state index contributed by atoms with van der Waals surface area (Å²) >= 11 is 6.45. The summed E-state index contributed by atoms with van der Waals surface area (Å²) in [5, 5.41) is 1.33. The molecule has 1 fully saturated rings. The van der Waals surface area contributed by atoms with Crippen LogP contribution in [0.2, 0.25) is 5.02 Å². The lowest BCUT2D eigenvalue weighted by atomic mass is 9.94. The number of fused-ring (bicyclic) bond motifs is 2. The number of ketones is 1. The first kappa shape index (κ1) is 26.0. The van der Waals surface area contributed by atoms with Crippen LogP contribution in [0.5, 0.6) is 5.75 Å². The minimum Gasteiger partial charge on any atom is -0.496 e. The van der Waals surface area contributed by atoms with Gasteiger partial charge < -0.3 is 19.1 Å². The molecule has 5 rings (SSSR count). The number of amides is 2. The highest BCUT2D eigenvalue weighted by Gasteiger charge is 2.32. The molecule has 8 heteroatoms.